The molecule has 0 heterocycles. The molecule has 0 unspecified atom stereocenters. The Morgan fingerprint density at radius 1 is 0.950 bits per heavy atom. The highest BCUT2D eigenvalue weighted by Crippen LogP contribution is 2.13. The molecule has 0 bridgehead atoms. The molecule has 1 N–H and O–H groups in total. The summed E-state index contributed by atoms with van der Waals surface area (Å²) in [4.78, 5) is 22.2. The molecule has 20 heavy (non-hydrogen) atoms. The third-order valence-electron chi connectivity index (χ3n) is 2.52. The van der Waals surface area contributed by atoms with Crippen LogP contribution in [0.1, 0.15) is 15.9 Å². The highest BCUT2D eigenvalue weighted by Gasteiger charge is 2.07. The Labute approximate surface area is 115 Å². The van der Waals surface area contributed by atoms with Gasteiger partial charge in [-0.15, -0.1) is 0 Å². The molecule has 0 aliphatic carbocycles. The van der Waals surface area contributed by atoms with Gasteiger partial charge in [-0.2, -0.15) is 0 Å². The normalized spacial score (nSPS) is 10.4. The highest BCUT2D eigenvalue weighted by molar-refractivity contribution is 5.91. The molecule has 0 aliphatic rings. The highest BCUT2D eigenvalue weighted by atomic mass is 16.5. The minimum Gasteiger partial charge on any atom is -0.478 e. The van der Waals surface area contributed by atoms with E-state index in [0.717, 1.165) is 6.08 Å². The molecule has 0 aliphatic heterocycles. The zero-order valence-corrected chi connectivity index (χ0v) is 10.5. The van der Waals surface area contributed by atoms with Gasteiger partial charge in [-0.25, -0.2) is 9.59 Å². The lowest BCUT2D eigenvalue weighted by molar-refractivity contribution is -0.131. The van der Waals surface area contributed by atoms with E-state index >= 15 is 0 Å². The van der Waals surface area contributed by atoms with Gasteiger partial charge in [-0.05, 0) is 35.9 Å². The predicted molar refractivity (Wildman–Crippen MR) is 74.5 cm³/mol. The first-order valence-corrected chi connectivity index (χ1v) is 5.93. The van der Waals surface area contributed by atoms with Gasteiger partial charge < -0.3 is 9.84 Å². The largest absolute Gasteiger partial charge is 0.478 e. The first-order chi connectivity index (χ1) is 9.65. The summed E-state index contributed by atoms with van der Waals surface area (Å²) in [7, 11) is 0. The molecule has 0 saturated carbocycles. The molecule has 2 rings (SSSR count). The van der Waals surface area contributed by atoms with Crippen molar-refractivity contribution in [2.45, 2.75) is 0 Å². The van der Waals surface area contributed by atoms with E-state index in [2.05, 4.69) is 0 Å². The number of hydrogen-bond acceptors (Lipinski definition) is 3. The third kappa shape index (κ3) is 3.81. The summed E-state index contributed by atoms with van der Waals surface area (Å²) in [5.41, 5.74) is 1.10. The van der Waals surface area contributed by atoms with E-state index in [-0.39, 0.29) is 0 Å². The van der Waals surface area contributed by atoms with Crippen LogP contribution in [-0.2, 0) is 4.79 Å². The average Bonchev–Trinajstić information content (AvgIpc) is 2.46. The lowest BCUT2D eigenvalue weighted by atomic mass is 10.1. The summed E-state index contributed by atoms with van der Waals surface area (Å²) in [5, 5.41) is 8.52. The van der Waals surface area contributed by atoms with Crippen LogP contribution in [0.5, 0.6) is 5.75 Å². The smallest absolute Gasteiger partial charge is 0.343 e. The summed E-state index contributed by atoms with van der Waals surface area (Å²) < 4.78 is 5.19. The van der Waals surface area contributed by atoms with Crippen LogP contribution in [0.3, 0.4) is 0 Å². The van der Waals surface area contributed by atoms with Crippen LogP contribution in [0.2, 0.25) is 0 Å². The van der Waals surface area contributed by atoms with E-state index in [1.165, 1.54) is 6.08 Å². The zero-order valence-electron chi connectivity index (χ0n) is 10.5. The Balaban J connectivity index is 2.06. The molecule has 2 aromatic carbocycles. The van der Waals surface area contributed by atoms with Gasteiger partial charge in [-0.1, -0.05) is 30.3 Å². The van der Waals surface area contributed by atoms with Gasteiger partial charge in [0.1, 0.15) is 5.75 Å². The predicted octanol–water partition coefficient (Wildman–Crippen LogP) is 3.00. The summed E-state index contributed by atoms with van der Waals surface area (Å²) >= 11 is 0. The Kier molecular flexibility index (Phi) is 4.29. The van der Waals surface area contributed by atoms with Crippen molar-refractivity contribution in [3.8, 4) is 5.75 Å². The first kappa shape index (κ1) is 13.5. The van der Waals surface area contributed by atoms with Gasteiger partial charge in [0.05, 0.1) is 5.56 Å². The fourth-order valence-corrected chi connectivity index (χ4v) is 1.55. The van der Waals surface area contributed by atoms with Crippen molar-refractivity contribution in [2.75, 3.05) is 0 Å². The van der Waals surface area contributed by atoms with Crippen LogP contribution >= 0.6 is 0 Å². The lowest BCUT2D eigenvalue weighted by Gasteiger charge is -2.04. The number of carboxylic acid groups (broad SMARTS) is 1. The van der Waals surface area contributed by atoms with Crippen LogP contribution in [0.15, 0.2) is 60.7 Å². The number of carbonyl (C=O) groups excluding carboxylic acids is 1. The van der Waals surface area contributed by atoms with E-state index in [1.54, 1.807) is 48.5 Å². The van der Waals surface area contributed by atoms with Crippen LogP contribution in [0, 0.1) is 0 Å². The van der Waals surface area contributed by atoms with Crippen LogP contribution < -0.4 is 4.74 Å². The number of carbonyl (C=O) groups is 2. The van der Waals surface area contributed by atoms with Crippen molar-refractivity contribution in [3.63, 3.8) is 0 Å². The Bertz CT molecular complexity index is 627. The number of aliphatic carboxylic acids is 1. The SMILES string of the molecule is O=C(O)/C=C/c1ccc(C(=O)Oc2ccccc2)cc1. The van der Waals surface area contributed by atoms with Gasteiger partial charge in [0.25, 0.3) is 0 Å². The monoisotopic (exact) mass is 268 g/mol. The van der Waals surface area contributed by atoms with E-state index in [9.17, 15) is 9.59 Å². The van der Waals surface area contributed by atoms with Crippen molar-refractivity contribution < 1.29 is 19.4 Å². The Morgan fingerprint density at radius 2 is 1.60 bits per heavy atom. The number of hydrogen-bond donors (Lipinski definition) is 1. The molecule has 0 spiro atoms. The standard InChI is InChI=1S/C16H12O4/c17-15(18)11-8-12-6-9-13(10-7-12)16(19)20-14-4-2-1-3-5-14/h1-11H,(H,17,18)/b11-8+. The molecule has 0 atom stereocenters. The van der Waals surface area contributed by atoms with Gasteiger partial charge in [-0.3, -0.25) is 0 Å². The van der Waals surface area contributed by atoms with Crippen molar-refractivity contribution in [2.24, 2.45) is 0 Å². The molecule has 4 heteroatoms. The number of ether oxygens (including phenoxy) is 1. The van der Waals surface area contributed by atoms with Crippen molar-refractivity contribution >= 4 is 18.0 Å². The van der Waals surface area contributed by atoms with E-state index < -0.39 is 11.9 Å². The van der Waals surface area contributed by atoms with Crippen LogP contribution in [0.25, 0.3) is 6.08 Å². The molecular weight excluding hydrogens is 256 g/mol. The molecule has 0 saturated heterocycles. The second kappa shape index (κ2) is 6.33. The molecule has 2 aromatic rings. The number of benzene rings is 2. The fraction of sp³-hybridized carbons (Fsp3) is 0. The lowest BCUT2D eigenvalue weighted by Crippen LogP contribution is -2.08. The molecule has 4 nitrogen and oxygen atoms in total. The quantitative estimate of drug-likeness (QED) is 0.526. The molecular formula is C16H12O4. The summed E-state index contributed by atoms with van der Waals surface area (Å²) in [5.74, 6) is -0.991. The number of carboxylic acids is 1. The van der Waals surface area contributed by atoms with Crippen molar-refractivity contribution in [1.29, 1.82) is 0 Å². The molecule has 0 radical (unpaired) electrons. The maximum atomic E-state index is 11.9. The Hall–Kier alpha value is -2.88. The summed E-state index contributed by atoms with van der Waals surface area (Å²) in [6.45, 7) is 0. The summed E-state index contributed by atoms with van der Waals surface area (Å²) in [6, 6.07) is 15.3. The summed E-state index contributed by atoms with van der Waals surface area (Å²) in [6.07, 6.45) is 2.49. The number of esters is 1. The van der Waals surface area contributed by atoms with E-state index in [4.69, 9.17) is 9.84 Å². The van der Waals surface area contributed by atoms with Gasteiger partial charge in [0.2, 0.25) is 0 Å². The number of para-hydroxylation sites is 1. The average molecular weight is 268 g/mol. The van der Waals surface area contributed by atoms with E-state index in [0.29, 0.717) is 16.9 Å². The number of rotatable bonds is 4. The van der Waals surface area contributed by atoms with Crippen molar-refractivity contribution in [1.82, 2.24) is 0 Å². The molecule has 0 amide bonds. The van der Waals surface area contributed by atoms with Crippen LogP contribution in [0.4, 0.5) is 0 Å². The zero-order chi connectivity index (χ0) is 14.4. The maximum absolute atomic E-state index is 11.9. The Morgan fingerprint density at radius 3 is 2.20 bits per heavy atom. The second-order valence-corrected chi connectivity index (χ2v) is 4.00. The molecule has 0 aromatic heterocycles. The minimum atomic E-state index is -1.02. The maximum Gasteiger partial charge on any atom is 0.343 e. The van der Waals surface area contributed by atoms with Crippen LogP contribution in [-0.4, -0.2) is 17.0 Å². The first-order valence-electron chi connectivity index (χ1n) is 5.93. The molecule has 100 valence electrons. The second-order valence-electron chi connectivity index (χ2n) is 4.00. The van der Waals surface area contributed by atoms with Crippen molar-refractivity contribution in [3.05, 3.63) is 71.8 Å². The topological polar surface area (TPSA) is 63.6 Å². The van der Waals surface area contributed by atoms with Gasteiger partial charge in [0, 0.05) is 6.08 Å². The third-order valence-corrected chi connectivity index (χ3v) is 2.52. The fourth-order valence-electron chi connectivity index (χ4n) is 1.55. The van der Waals surface area contributed by atoms with Gasteiger partial charge >= 0.3 is 11.9 Å². The van der Waals surface area contributed by atoms with E-state index in [1.807, 2.05) is 6.07 Å². The molecule has 0 fully saturated rings. The van der Waals surface area contributed by atoms with Gasteiger partial charge in [0.15, 0.2) is 0 Å². The minimum absolute atomic E-state index is 0.404.